The average molecular weight is 338 g/mol. The van der Waals surface area contributed by atoms with E-state index in [2.05, 4.69) is 4.98 Å². The summed E-state index contributed by atoms with van der Waals surface area (Å²) < 4.78 is 43.5. The summed E-state index contributed by atoms with van der Waals surface area (Å²) in [6.07, 6.45) is -4.56. The number of hydrazine groups is 1. The maximum absolute atomic E-state index is 12.8. The number of anilines is 1. The van der Waals surface area contributed by atoms with Gasteiger partial charge in [0.2, 0.25) is 5.88 Å². The Kier molecular flexibility index (Phi) is 4.46. The first-order valence-electron chi connectivity index (χ1n) is 5.48. The fourth-order valence-electron chi connectivity index (χ4n) is 1.46. The minimum Gasteiger partial charge on any atom is -0.437 e. The summed E-state index contributed by atoms with van der Waals surface area (Å²) in [5, 5.41) is 0.499. The Bertz CT molecular complexity index is 665. The molecule has 0 unspecified atom stereocenters. The van der Waals surface area contributed by atoms with Crippen molar-refractivity contribution in [2.45, 2.75) is 6.18 Å². The number of hydrogen-bond donors (Lipinski definition) is 2. The van der Waals surface area contributed by atoms with E-state index < -0.39 is 11.7 Å². The molecule has 1 aromatic heterocycles. The predicted octanol–water partition coefficient (Wildman–Crippen LogP) is 4.49. The molecule has 4 nitrogen and oxygen atoms in total. The number of rotatable bonds is 3. The number of nitrogens with zero attached hydrogens (tertiary/aromatic N) is 1. The zero-order chi connectivity index (χ0) is 15.6. The second-order valence-corrected chi connectivity index (χ2v) is 4.74. The summed E-state index contributed by atoms with van der Waals surface area (Å²) >= 11 is 11.6. The van der Waals surface area contributed by atoms with Crippen LogP contribution in [0.2, 0.25) is 10.0 Å². The summed E-state index contributed by atoms with van der Waals surface area (Å²) in [6, 6.07) is 5.82. The number of halogens is 5. The lowest BCUT2D eigenvalue weighted by atomic mass is 10.2. The number of hydrogen-bond acceptors (Lipinski definition) is 4. The molecular weight excluding hydrogens is 330 g/mol. The molecular formula is C12H8Cl2F3N3O. The van der Waals surface area contributed by atoms with Crippen molar-refractivity contribution in [3.63, 3.8) is 0 Å². The monoisotopic (exact) mass is 337 g/mol. The lowest BCUT2D eigenvalue weighted by Gasteiger charge is -2.12. The summed E-state index contributed by atoms with van der Waals surface area (Å²) in [6.45, 7) is 0. The zero-order valence-corrected chi connectivity index (χ0v) is 11.7. The van der Waals surface area contributed by atoms with Crippen LogP contribution in [0.15, 0.2) is 30.3 Å². The van der Waals surface area contributed by atoms with Crippen molar-refractivity contribution in [2.24, 2.45) is 5.84 Å². The summed E-state index contributed by atoms with van der Waals surface area (Å²) in [7, 11) is 0. The van der Waals surface area contributed by atoms with Gasteiger partial charge >= 0.3 is 6.18 Å². The Morgan fingerprint density at radius 2 is 1.86 bits per heavy atom. The molecule has 1 heterocycles. The Balaban J connectivity index is 2.42. The van der Waals surface area contributed by atoms with Gasteiger partial charge in [0.25, 0.3) is 0 Å². The highest BCUT2D eigenvalue weighted by Gasteiger charge is 2.32. The first-order valence-corrected chi connectivity index (χ1v) is 6.24. The van der Waals surface area contributed by atoms with Crippen molar-refractivity contribution in [3.05, 3.63) is 45.9 Å². The molecule has 0 saturated carbocycles. The molecule has 0 aliphatic carbocycles. The van der Waals surface area contributed by atoms with Gasteiger partial charge in [-0.2, -0.15) is 18.2 Å². The molecule has 0 amide bonds. The second-order valence-electron chi connectivity index (χ2n) is 3.90. The van der Waals surface area contributed by atoms with Crippen molar-refractivity contribution in [1.29, 1.82) is 0 Å². The van der Waals surface area contributed by atoms with Crippen LogP contribution in [-0.4, -0.2) is 4.98 Å². The van der Waals surface area contributed by atoms with Crippen molar-refractivity contribution in [3.8, 4) is 11.6 Å². The lowest BCUT2D eigenvalue weighted by molar-refractivity contribution is -0.137. The van der Waals surface area contributed by atoms with Crippen LogP contribution in [0, 0.1) is 0 Å². The number of benzene rings is 1. The van der Waals surface area contributed by atoms with E-state index in [1.807, 2.05) is 5.43 Å². The standard InChI is InChI=1S/C12H8Cl2F3N3O/c13-7-1-2-8(14)9(5-7)21-11-4-6(12(15,16)17)3-10(19-11)20-18/h1-5H,18H2,(H,19,20). The first kappa shape index (κ1) is 15.7. The van der Waals surface area contributed by atoms with Crippen LogP contribution in [0.5, 0.6) is 11.6 Å². The van der Waals surface area contributed by atoms with Crippen molar-refractivity contribution in [2.75, 3.05) is 5.43 Å². The molecule has 0 spiro atoms. The van der Waals surface area contributed by atoms with E-state index in [1.54, 1.807) is 0 Å². The van der Waals surface area contributed by atoms with Crippen LogP contribution in [0.3, 0.4) is 0 Å². The number of nitrogens with two attached hydrogens (primary N) is 1. The Morgan fingerprint density at radius 3 is 2.48 bits per heavy atom. The fraction of sp³-hybridized carbons (Fsp3) is 0.0833. The van der Waals surface area contributed by atoms with E-state index in [4.69, 9.17) is 33.8 Å². The third-order valence-corrected chi connectivity index (χ3v) is 2.93. The Labute approximate surface area is 127 Å². The number of alkyl halides is 3. The Hall–Kier alpha value is -1.70. The normalized spacial score (nSPS) is 11.3. The van der Waals surface area contributed by atoms with Gasteiger partial charge in [0.15, 0.2) is 0 Å². The van der Waals surface area contributed by atoms with E-state index in [-0.39, 0.29) is 22.5 Å². The smallest absolute Gasteiger partial charge is 0.416 e. The number of nitrogen functional groups attached to an aromatic ring is 1. The third kappa shape index (κ3) is 3.90. The number of ether oxygens (including phenoxy) is 1. The highest BCUT2D eigenvalue weighted by Crippen LogP contribution is 2.35. The SMILES string of the molecule is NNc1cc(C(F)(F)F)cc(Oc2cc(Cl)ccc2Cl)n1. The molecule has 0 atom stereocenters. The predicted molar refractivity (Wildman–Crippen MR) is 73.6 cm³/mol. The highest BCUT2D eigenvalue weighted by atomic mass is 35.5. The van der Waals surface area contributed by atoms with Crippen molar-refractivity contribution in [1.82, 2.24) is 4.98 Å². The second kappa shape index (κ2) is 5.97. The third-order valence-electron chi connectivity index (χ3n) is 2.38. The summed E-state index contributed by atoms with van der Waals surface area (Å²) in [5.74, 6) is 4.66. The zero-order valence-electron chi connectivity index (χ0n) is 10.2. The first-order chi connectivity index (χ1) is 9.79. The quantitative estimate of drug-likeness (QED) is 0.640. The summed E-state index contributed by atoms with van der Waals surface area (Å²) in [5.41, 5.74) is 1.08. The maximum Gasteiger partial charge on any atom is 0.416 e. The van der Waals surface area contributed by atoms with Crippen LogP contribution in [-0.2, 0) is 6.18 Å². The van der Waals surface area contributed by atoms with Crippen molar-refractivity contribution < 1.29 is 17.9 Å². The van der Waals surface area contributed by atoms with Gasteiger partial charge in [-0.15, -0.1) is 0 Å². The van der Waals surface area contributed by atoms with Crippen LogP contribution in [0.4, 0.5) is 19.0 Å². The molecule has 1 aromatic carbocycles. The van der Waals surface area contributed by atoms with E-state index in [0.717, 1.165) is 12.1 Å². The lowest BCUT2D eigenvalue weighted by Crippen LogP contribution is -2.12. The molecule has 2 rings (SSSR count). The molecule has 0 fully saturated rings. The topological polar surface area (TPSA) is 60.2 Å². The van der Waals surface area contributed by atoms with Gasteiger partial charge < -0.3 is 10.2 Å². The van der Waals surface area contributed by atoms with Gasteiger partial charge in [0.1, 0.15) is 11.6 Å². The van der Waals surface area contributed by atoms with Crippen LogP contribution in [0.1, 0.15) is 5.56 Å². The minimum absolute atomic E-state index is 0.0824. The van der Waals surface area contributed by atoms with Gasteiger partial charge in [-0.3, -0.25) is 0 Å². The molecule has 0 radical (unpaired) electrons. The molecule has 2 aromatic rings. The number of nitrogens with one attached hydrogen (secondary N) is 1. The molecule has 21 heavy (non-hydrogen) atoms. The highest BCUT2D eigenvalue weighted by molar-refractivity contribution is 6.34. The molecule has 9 heteroatoms. The minimum atomic E-state index is -4.56. The van der Waals surface area contributed by atoms with E-state index >= 15 is 0 Å². The largest absolute Gasteiger partial charge is 0.437 e. The fourth-order valence-corrected chi connectivity index (χ4v) is 1.78. The van der Waals surface area contributed by atoms with E-state index in [1.165, 1.54) is 18.2 Å². The molecule has 0 saturated heterocycles. The van der Waals surface area contributed by atoms with Gasteiger partial charge in [-0.1, -0.05) is 23.2 Å². The van der Waals surface area contributed by atoms with Crippen LogP contribution < -0.4 is 16.0 Å². The van der Waals surface area contributed by atoms with Gasteiger partial charge in [-0.25, -0.2) is 5.84 Å². The molecule has 0 bridgehead atoms. The molecule has 112 valence electrons. The van der Waals surface area contributed by atoms with Gasteiger partial charge in [0, 0.05) is 17.2 Å². The Morgan fingerprint density at radius 1 is 1.14 bits per heavy atom. The molecule has 0 aliphatic rings. The van der Waals surface area contributed by atoms with Gasteiger partial charge in [0.05, 0.1) is 10.6 Å². The van der Waals surface area contributed by atoms with Gasteiger partial charge in [-0.05, 0) is 18.2 Å². The van der Waals surface area contributed by atoms with Crippen LogP contribution in [0.25, 0.3) is 0 Å². The number of pyridine rings is 1. The van der Waals surface area contributed by atoms with Crippen molar-refractivity contribution >= 4 is 29.0 Å². The average Bonchev–Trinajstić information content (AvgIpc) is 2.41. The number of aromatic nitrogens is 1. The molecule has 0 aliphatic heterocycles. The maximum atomic E-state index is 12.8. The van der Waals surface area contributed by atoms with Crippen LogP contribution >= 0.6 is 23.2 Å². The van der Waals surface area contributed by atoms with E-state index in [9.17, 15) is 13.2 Å². The molecule has 3 N–H and O–H groups in total. The summed E-state index contributed by atoms with van der Waals surface area (Å²) in [4.78, 5) is 3.77. The van der Waals surface area contributed by atoms with E-state index in [0.29, 0.717) is 5.02 Å².